The normalized spacial score (nSPS) is 15.6. The molecule has 1 saturated heterocycles. The fraction of sp³-hybridized carbons (Fsp3) is 0.226. The van der Waals surface area contributed by atoms with Crippen molar-refractivity contribution in [1.82, 2.24) is 20.5 Å². The zero-order valence-electron chi connectivity index (χ0n) is 21.5. The first kappa shape index (κ1) is 25.9. The van der Waals surface area contributed by atoms with Gasteiger partial charge in [0.1, 0.15) is 17.9 Å². The second-order valence-electron chi connectivity index (χ2n) is 9.73. The van der Waals surface area contributed by atoms with E-state index in [0.717, 1.165) is 21.9 Å². The molecule has 4 N–H and O–H groups in total. The molecule has 2 atom stereocenters. The molecule has 0 aliphatic carbocycles. The molecule has 1 aliphatic heterocycles. The molecule has 0 radical (unpaired) electrons. The summed E-state index contributed by atoms with van der Waals surface area (Å²) in [5, 5.41) is 7.72. The van der Waals surface area contributed by atoms with E-state index in [0.29, 0.717) is 37.3 Å². The zero-order chi connectivity index (χ0) is 27.2. The maximum absolute atomic E-state index is 13.8. The fourth-order valence-corrected chi connectivity index (χ4v) is 5.06. The number of carbonyl (C=O) groups is 3. The molecule has 198 valence electrons. The summed E-state index contributed by atoms with van der Waals surface area (Å²) in [4.78, 5) is 45.7. The van der Waals surface area contributed by atoms with Crippen molar-refractivity contribution in [2.45, 2.75) is 37.9 Å². The van der Waals surface area contributed by atoms with Gasteiger partial charge in [-0.1, -0.05) is 72.8 Å². The van der Waals surface area contributed by atoms with Crippen LogP contribution in [0, 0.1) is 0 Å². The number of likely N-dealkylation sites (tertiary alicyclic amines) is 1. The lowest BCUT2D eigenvalue weighted by Gasteiger charge is -2.29. The van der Waals surface area contributed by atoms with Gasteiger partial charge in [-0.15, -0.1) is 0 Å². The number of hydrogen-bond donors (Lipinski definition) is 3. The van der Waals surface area contributed by atoms with Crippen LogP contribution in [0.1, 0.15) is 35.6 Å². The number of benzene rings is 3. The van der Waals surface area contributed by atoms with Crippen LogP contribution in [0.3, 0.4) is 0 Å². The van der Waals surface area contributed by atoms with Gasteiger partial charge in [0.15, 0.2) is 0 Å². The minimum Gasteiger partial charge on any atom is -0.383 e. The number of amides is 3. The number of nitrogen functional groups attached to an aromatic ring is 1. The Kier molecular flexibility index (Phi) is 7.82. The van der Waals surface area contributed by atoms with E-state index in [1.807, 2.05) is 84.9 Å². The van der Waals surface area contributed by atoms with E-state index in [-0.39, 0.29) is 24.1 Å². The van der Waals surface area contributed by atoms with Crippen LogP contribution in [-0.4, -0.2) is 40.2 Å². The molecule has 8 nitrogen and oxygen atoms in total. The Morgan fingerprint density at radius 3 is 2.46 bits per heavy atom. The predicted octanol–water partition coefficient (Wildman–Crippen LogP) is 3.52. The van der Waals surface area contributed by atoms with Crippen LogP contribution in [0.2, 0.25) is 0 Å². The molecular weight excluding hydrogens is 490 g/mol. The van der Waals surface area contributed by atoms with Gasteiger partial charge in [0.25, 0.3) is 0 Å². The van der Waals surface area contributed by atoms with Gasteiger partial charge >= 0.3 is 0 Å². The molecule has 1 aromatic heterocycles. The predicted molar refractivity (Wildman–Crippen MR) is 150 cm³/mol. The summed E-state index contributed by atoms with van der Waals surface area (Å²) >= 11 is 0. The summed E-state index contributed by atoms with van der Waals surface area (Å²) < 4.78 is 0. The number of pyridine rings is 1. The van der Waals surface area contributed by atoms with Crippen LogP contribution in [0.15, 0.2) is 91.1 Å². The van der Waals surface area contributed by atoms with Gasteiger partial charge in [0.05, 0.1) is 6.42 Å². The summed E-state index contributed by atoms with van der Waals surface area (Å²) in [6.07, 6.45) is 3.10. The molecule has 1 aliphatic rings. The van der Waals surface area contributed by atoms with Gasteiger partial charge in [-0.3, -0.25) is 14.4 Å². The smallest absolute Gasteiger partial charge is 0.250 e. The molecule has 3 amide bonds. The number of anilines is 1. The molecule has 2 heterocycles. The molecule has 2 unspecified atom stereocenters. The number of fused-ring (bicyclic) bond motifs is 1. The second-order valence-corrected chi connectivity index (χ2v) is 9.73. The maximum atomic E-state index is 13.8. The Hall–Kier alpha value is -4.72. The quantitative estimate of drug-likeness (QED) is 0.328. The zero-order valence-corrected chi connectivity index (χ0v) is 21.5. The minimum absolute atomic E-state index is 0.162. The summed E-state index contributed by atoms with van der Waals surface area (Å²) in [6.45, 7) is 0.780. The molecule has 8 heteroatoms. The van der Waals surface area contributed by atoms with Gasteiger partial charge in [0, 0.05) is 24.7 Å². The number of carbonyl (C=O) groups excluding carboxylic acids is 3. The Morgan fingerprint density at radius 2 is 1.69 bits per heavy atom. The number of nitrogens with two attached hydrogens (primary N) is 1. The average Bonchev–Trinajstić information content (AvgIpc) is 3.46. The first-order valence-corrected chi connectivity index (χ1v) is 13.1. The SMILES string of the molecule is Nc1nccc2cc(CNC(=O)C3CCCN3C(=O)C(NC(=O)Cc3ccccc3)c3ccccc3)ccc12. The highest BCUT2D eigenvalue weighted by Crippen LogP contribution is 2.25. The topological polar surface area (TPSA) is 117 Å². The van der Waals surface area contributed by atoms with Crippen molar-refractivity contribution < 1.29 is 14.4 Å². The van der Waals surface area contributed by atoms with Crippen molar-refractivity contribution in [3.05, 3.63) is 108 Å². The van der Waals surface area contributed by atoms with Gasteiger partial charge in [-0.25, -0.2) is 4.98 Å². The van der Waals surface area contributed by atoms with Crippen molar-refractivity contribution >= 4 is 34.3 Å². The number of nitrogens with one attached hydrogen (secondary N) is 2. The van der Waals surface area contributed by atoms with Crippen LogP contribution in [-0.2, 0) is 27.3 Å². The van der Waals surface area contributed by atoms with E-state index in [2.05, 4.69) is 15.6 Å². The number of hydrogen-bond acceptors (Lipinski definition) is 5. The fourth-order valence-electron chi connectivity index (χ4n) is 5.06. The summed E-state index contributed by atoms with van der Waals surface area (Å²) in [7, 11) is 0. The Bertz CT molecular complexity index is 1480. The lowest BCUT2D eigenvalue weighted by Crippen LogP contribution is -2.50. The third kappa shape index (κ3) is 6.06. The standard InChI is InChI=1S/C31H31N5O3/c32-29-25-14-13-22(18-24(25)15-16-33-29)20-34-30(38)26-12-7-17-36(26)31(39)28(23-10-5-2-6-11-23)35-27(37)19-21-8-3-1-4-9-21/h1-6,8-11,13-16,18,26,28H,7,12,17,19-20H2,(H2,32,33)(H,34,38)(H,35,37). The highest BCUT2D eigenvalue weighted by molar-refractivity contribution is 5.94. The van der Waals surface area contributed by atoms with Gasteiger partial charge in [-0.2, -0.15) is 0 Å². The second kappa shape index (κ2) is 11.8. The van der Waals surface area contributed by atoms with Crippen molar-refractivity contribution in [1.29, 1.82) is 0 Å². The van der Waals surface area contributed by atoms with Gasteiger partial charge < -0.3 is 21.3 Å². The number of rotatable bonds is 8. The average molecular weight is 522 g/mol. The number of nitrogens with zero attached hydrogens (tertiary/aromatic N) is 2. The molecule has 5 rings (SSSR count). The van der Waals surface area contributed by atoms with Crippen molar-refractivity contribution in [3.8, 4) is 0 Å². The van der Waals surface area contributed by atoms with Crippen LogP contribution in [0.5, 0.6) is 0 Å². The van der Waals surface area contributed by atoms with Crippen LogP contribution < -0.4 is 16.4 Å². The first-order valence-electron chi connectivity index (χ1n) is 13.1. The molecule has 4 aromatic rings. The number of aromatic nitrogens is 1. The molecule has 0 spiro atoms. The molecule has 1 fully saturated rings. The van der Waals surface area contributed by atoms with E-state index in [1.54, 1.807) is 11.1 Å². The Labute approximate surface area is 227 Å². The molecule has 0 bridgehead atoms. The van der Waals surface area contributed by atoms with Crippen molar-refractivity contribution in [2.24, 2.45) is 0 Å². The molecule has 39 heavy (non-hydrogen) atoms. The van der Waals surface area contributed by atoms with Crippen LogP contribution >= 0.6 is 0 Å². The third-order valence-corrected chi connectivity index (χ3v) is 7.06. The van der Waals surface area contributed by atoms with Crippen molar-refractivity contribution in [3.63, 3.8) is 0 Å². The Balaban J connectivity index is 1.28. The van der Waals surface area contributed by atoms with E-state index >= 15 is 0 Å². The van der Waals surface area contributed by atoms with E-state index in [9.17, 15) is 14.4 Å². The summed E-state index contributed by atoms with van der Waals surface area (Å²) in [5.41, 5.74) is 8.41. The van der Waals surface area contributed by atoms with E-state index in [4.69, 9.17) is 5.73 Å². The summed E-state index contributed by atoms with van der Waals surface area (Å²) in [5.74, 6) is -0.283. The molecule has 3 aromatic carbocycles. The highest BCUT2D eigenvalue weighted by Gasteiger charge is 2.38. The van der Waals surface area contributed by atoms with Crippen molar-refractivity contribution in [2.75, 3.05) is 12.3 Å². The highest BCUT2D eigenvalue weighted by atomic mass is 16.2. The van der Waals surface area contributed by atoms with Gasteiger partial charge in [0.2, 0.25) is 17.7 Å². The lowest BCUT2D eigenvalue weighted by atomic mass is 10.0. The van der Waals surface area contributed by atoms with E-state index < -0.39 is 12.1 Å². The monoisotopic (exact) mass is 521 g/mol. The van der Waals surface area contributed by atoms with Gasteiger partial charge in [-0.05, 0) is 47.1 Å². The lowest BCUT2D eigenvalue weighted by molar-refractivity contribution is -0.141. The third-order valence-electron chi connectivity index (χ3n) is 7.06. The summed E-state index contributed by atoms with van der Waals surface area (Å²) in [6, 6.07) is 24.7. The maximum Gasteiger partial charge on any atom is 0.250 e. The van der Waals surface area contributed by atoms with E-state index in [1.165, 1.54) is 0 Å². The van der Waals surface area contributed by atoms with Crippen LogP contribution in [0.25, 0.3) is 10.8 Å². The Morgan fingerprint density at radius 1 is 0.949 bits per heavy atom. The minimum atomic E-state index is -0.879. The first-order chi connectivity index (χ1) is 19.0. The largest absolute Gasteiger partial charge is 0.383 e. The molecular formula is C31H31N5O3. The van der Waals surface area contributed by atoms with Crippen LogP contribution in [0.4, 0.5) is 5.82 Å². The molecule has 0 saturated carbocycles.